The molecule has 2 fully saturated rings. The van der Waals surface area contributed by atoms with E-state index in [0.717, 1.165) is 31.3 Å². The highest BCUT2D eigenvalue weighted by Crippen LogP contribution is 2.21. The Morgan fingerprint density at radius 1 is 1.15 bits per heavy atom. The van der Waals surface area contributed by atoms with Crippen LogP contribution in [0.15, 0.2) is 29.3 Å². The van der Waals surface area contributed by atoms with E-state index >= 15 is 0 Å². The van der Waals surface area contributed by atoms with Gasteiger partial charge in [0.2, 0.25) is 0 Å². The lowest BCUT2D eigenvalue weighted by Crippen LogP contribution is -2.39. The molecule has 0 atom stereocenters. The minimum atomic E-state index is 0. The van der Waals surface area contributed by atoms with Crippen LogP contribution < -0.4 is 15.4 Å². The summed E-state index contributed by atoms with van der Waals surface area (Å²) in [5.41, 5.74) is 1.36. The number of rotatable bonds is 7. The van der Waals surface area contributed by atoms with Crippen LogP contribution in [0.5, 0.6) is 5.75 Å². The number of ether oxygens (including phenoxy) is 1. The predicted molar refractivity (Wildman–Crippen MR) is 119 cm³/mol. The van der Waals surface area contributed by atoms with Gasteiger partial charge in [-0.2, -0.15) is 0 Å². The number of nitrogens with zero attached hydrogens (tertiary/aromatic N) is 2. The van der Waals surface area contributed by atoms with Gasteiger partial charge in [0, 0.05) is 25.7 Å². The second kappa shape index (κ2) is 11.0. The smallest absolute Gasteiger partial charge is 0.191 e. The highest BCUT2D eigenvalue weighted by molar-refractivity contribution is 14.0. The Kier molecular flexibility index (Phi) is 8.98. The van der Waals surface area contributed by atoms with Crippen molar-refractivity contribution in [3.05, 3.63) is 29.8 Å². The van der Waals surface area contributed by atoms with Crippen molar-refractivity contribution in [3.63, 3.8) is 0 Å². The van der Waals surface area contributed by atoms with Crippen LogP contribution >= 0.6 is 24.0 Å². The lowest BCUT2D eigenvalue weighted by Gasteiger charge is -2.31. The molecule has 2 aliphatic rings. The second-order valence-corrected chi connectivity index (χ2v) is 7.21. The first-order chi connectivity index (χ1) is 12.3. The molecule has 2 N–H and O–H groups in total. The normalized spacial score (nSPS) is 18.9. The van der Waals surface area contributed by atoms with Crippen molar-refractivity contribution in [2.75, 3.05) is 33.3 Å². The van der Waals surface area contributed by atoms with Crippen molar-refractivity contribution in [1.82, 2.24) is 15.5 Å². The molecule has 1 aromatic carbocycles. The summed E-state index contributed by atoms with van der Waals surface area (Å²) in [6.45, 7) is 7.36. The lowest BCUT2D eigenvalue weighted by molar-refractivity contribution is 0.180. The molecule has 1 saturated carbocycles. The molecule has 0 aromatic heterocycles. The Morgan fingerprint density at radius 3 is 2.42 bits per heavy atom. The van der Waals surface area contributed by atoms with E-state index in [2.05, 4.69) is 34.6 Å². The number of hydrogen-bond donors (Lipinski definition) is 2. The lowest BCUT2D eigenvalue weighted by atomic mass is 9.96. The minimum Gasteiger partial charge on any atom is -0.497 e. The highest BCUT2D eigenvalue weighted by Gasteiger charge is 2.23. The van der Waals surface area contributed by atoms with Crippen molar-refractivity contribution in [3.8, 4) is 5.75 Å². The standard InChI is InChI=1S/C20H32N4O.HI/c1-3-21-20(23-18-6-7-18)22-14-16-10-12-24(13-11-16)15-17-4-8-19(25-2)9-5-17;/h4-5,8-9,16,18H,3,6-7,10-15H2,1-2H3,(H2,21,22,23);1H. The topological polar surface area (TPSA) is 48.9 Å². The van der Waals surface area contributed by atoms with E-state index in [4.69, 9.17) is 9.73 Å². The number of nitrogens with one attached hydrogen (secondary N) is 2. The molecule has 1 aliphatic heterocycles. The first-order valence-corrected chi connectivity index (χ1v) is 9.67. The van der Waals surface area contributed by atoms with E-state index in [9.17, 15) is 0 Å². The molecular weight excluding hydrogens is 439 g/mol. The molecule has 0 amide bonds. The number of methoxy groups -OCH3 is 1. The average molecular weight is 472 g/mol. The van der Waals surface area contributed by atoms with Gasteiger partial charge in [0.05, 0.1) is 7.11 Å². The number of aliphatic imine (C=N–C) groups is 1. The van der Waals surface area contributed by atoms with E-state index in [1.165, 1.54) is 44.3 Å². The van der Waals surface area contributed by atoms with Crippen molar-refractivity contribution >= 4 is 29.9 Å². The molecule has 146 valence electrons. The van der Waals surface area contributed by atoms with Gasteiger partial charge in [-0.15, -0.1) is 24.0 Å². The summed E-state index contributed by atoms with van der Waals surface area (Å²) in [5, 5.41) is 6.86. The zero-order chi connectivity index (χ0) is 17.5. The monoisotopic (exact) mass is 472 g/mol. The molecule has 1 heterocycles. The van der Waals surface area contributed by atoms with Crippen LogP contribution in [0, 0.1) is 5.92 Å². The number of likely N-dealkylation sites (tertiary alicyclic amines) is 1. The van der Waals surface area contributed by atoms with Crippen LogP contribution in [0.4, 0.5) is 0 Å². The summed E-state index contributed by atoms with van der Waals surface area (Å²) in [6.07, 6.45) is 5.05. The Morgan fingerprint density at radius 2 is 1.85 bits per heavy atom. The van der Waals surface area contributed by atoms with E-state index in [1.54, 1.807) is 7.11 Å². The van der Waals surface area contributed by atoms with E-state index in [-0.39, 0.29) is 24.0 Å². The van der Waals surface area contributed by atoms with Crippen LogP contribution in [0.25, 0.3) is 0 Å². The Bertz CT molecular complexity index is 551. The third-order valence-electron chi connectivity index (χ3n) is 5.04. The summed E-state index contributed by atoms with van der Waals surface area (Å²) in [6, 6.07) is 9.09. The maximum absolute atomic E-state index is 5.23. The Balaban J connectivity index is 0.00000243. The fraction of sp³-hybridized carbons (Fsp3) is 0.650. The van der Waals surface area contributed by atoms with Gasteiger partial charge in [-0.25, -0.2) is 0 Å². The van der Waals surface area contributed by atoms with Crippen molar-refractivity contribution in [1.29, 1.82) is 0 Å². The number of halogens is 1. The van der Waals surface area contributed by atoms with E-state index in [1.807, 2.05) is 12.1 Å². The molecule has 1 aromatic rings. The molecular formula is C20H33IN4O. The van der Waals surface area contributed by atoms with Crippen LogP contribution in [0.1, 0.15) is 38.2 Å². The molecule has 3 rings (SSSR count). The first kappa shape index (κ1) is 21.3. The number of hydrogen-bond acceptors (Lipinski definition) is 3. The van der Waals surface area contributed by atoms with Crippen LogP contribution in [0.2, 0.25) is 0 Å². The maximum Gasteiger partial charge on any atom is 0.191 e. The zero-order valence-corrected chi connectivity index (χ0v) is 18.4. The number of benzene rings is 1. The molecule has 0 radical (unpaired) electrons. The third-order valence-corrected chi connectivity index (χ3v) is 5.04. The SMILES string of the molecule is CCNC(=NCC1CCN(Cc2ccc(OC)cc2)CC1)NC1CC1.I. The van der Waals surface area contributed by atoms with Crippen LogP contribution in [-0.4, -0.2) is 50.2 Å². The van der Waals surface area contributed by atoms with Crippen LogP contribution in [-0.2, 0) is 6.54 Å². The predicted octanol–water partition coefficient (Wildman–Crippen LogP) is 3.24. The summed E-state index contributed by atoms with van der Waals surface area (Å²) < 4.78 is 5.23. The average Bonchev–Trinajstić information content (AvgIpc) is 3.46. The van der Waals surface area contributed by atoms with Crippen molar-refractivity contribution in [2.24, 2.45) is 10.9 Å². The third kappa shape index (κ3) is 6.95. The molecule has 1 saturated heterocycles. The fourth-order valence-corrected chi connectivity index (χ4v) is 3.28. The minimum absolute atomic E-state index is 0. The zero-order valence-electron chi connectivity index (χ0n) is 16.0. The largest absolute Gasteiger partial charge is 0.497 e. The summed E-state index contributed by atoms with van der Waals surface area (Å²) >= 11 is 0. The van der Waals surface area contributed by atoms with Gasteiger partial charge in [0.15, 0.2) is 5.96 Å². The fourth-order valence-electron chi connectivity index (χ4n) is 3.28. The van der Waals surface area contributed by atoms with Gasteiger partial charge in [0.25, 0.3) is 0 Å². The van der Waals surface area contributed by atoms with Gasteiger partial charge >= 0.3 is 0 Å². The van der Waals surface area contributed by atoms with Gasteiger partial charge in [-0.05, 0) is 69.3 Å². The number of guanidine groups is 1. The number of piperidine rings is 1. The molecule has 5 nitrogen and oxygen atoms in total. The van der Waals surface area contributed by atoms with Gasteiger partial charge in [-0.3, -0.25) is 9.89 Å². The first-order valence-electron chi connectivity index (χ1n) is 9.67. The van der Waals surface area contributed by atoms with E-state index in [0.29, 0.717) is 12.0 Å². The Labute approximate surface area is 175 Å². The molecule has 6 heteroatoms. The summed E-state index contributed by atoms with van der Waals surface area (Å²) in [5.74, 6) is 2.64. The molecule has 0 bridgehead atoms. The van der Waals surface area contributed by atoms with Crippen molar-refractivity contribution in [2.45, 2.75) is 45.2 Å². The Hall–Kier alpha value is -1.02. The van der Waals surface area contributed by atoms with Gasteiger partial charge in [0.1, 0.15) is 5.75 Å². The second-order valence-electron chi connectivity index (χ2n) is 7.21. The van der Waals surface area contributed by atoms with Gasteiger partial charge in [-0.1, -0.05) is 12.1 Å². The van der Waals surface area contributed by atoms with Crippen molar-refractivity contribution < 1.29 is 4.74 Å². The van der Waals surface area contributed by atoms with E-state index < -0.39 is 0 Å². The quantitative estimate of drug-likeness (QED) is 0.364. The molecule has 0 unspecified atom stereocenters. The molecule has 0 spiro atoms. The van der Waals surface area contributed by atoms with Gasteiger partial charge < -0.3 is 15.4 Å². The summed E-state index contributed by atoms with van der Waals surface area (Å²) in [4.78, 5) is 7.36. The summed E-state index contributed by atoms with van der Waals surface area (Å²) in [7, 11) is 1.71. The van der Waals surface area contributed by atoms with Crippen LogP contribution in [0.3, 0.4) is 0 Å². The maximum atomic E-state index is 5.23. The molecule has 26 heavy (non-hydrogen) atoms. The molecule has 1 aliphatic carbocycles. The highest BCUT2D eigenvalue weighted by atomic mass is 127.